The van der Waals surface area contributed by atoms with Crippen molar-refractivity contribution in [1.82, 2.24) is 10.0 Å². The van der Waals surface area contributed by atoms with E-state index in [1.165, 1.54) is 7.11 Å². The number of hydrogen-bond donors (Lipinski definition) is 2. The first-order chi connectivity index (χ1) is 10.4. The normalized spacial score (nSPS) is 26.7. The Balaban J connectivity index is 0.00000192. The summed E-state index contributed by atoms with van der Waals surface area (Å²) in [5, 5.41) is 3.52. The van der Waals surface area contributed by atoms with E-state index in [2.05, 4.69) is 26.0 Å². The molecule has 2 N–H and O–H groups in total. The van der Waals surface area contributed by atoms with Gasteiger partial charge in [-0.15, -0.1) is 12.4 Å². The monoisotopic (exact) mass is 424 g/mol. The molecule has 23 heavy (non-hydrogen) atoms. The number of benzene rings is 1. The Morgan fingerprint density at radius 1 is 1.26 bits per heavy atom. The van der Waals surface area contributed by atoms with Gasteiger partial charge in [0.2, 0.25) is 10.0 Å². The maximum atomic E-state index is 12.7. The van der Waals surface area contributed by atoms with E-state index >= 15 is 0 Å². The van der Waals surface area contributed by atoms with E-state index in [0.29, 0.717) is 17.8 Å². The third-order valence-electron chi connectivity index (χ3n) is 4.53. The number of methoxy groups -OCH3 is 1. The Morgan fingerprint density at radius 3 is 2.43 bits per heavy atom. The first-order valence-electron chi connectivity index (χ1n) is 7.51. The molecule has 8 heteroatoms. The standard InChI is InChI=1S/C15H21BrN2O3S.ClH/c1-9-5-14(21-2)15(8-13(9)16)22(19,20)18-12-6-10-3-4-11(7-12)17-10;/h5,8,10-12,17-18H,3-4,6-7H2,1-2H3;1H. The Labute approximate surface area is 152 Å². The van der Waals surface area contributed by atoms with Crippen LogP contribution in [-0.4, -0.2) is 33.7 Å². The van der Waals surface area contributed by atoms with E-state index in [4.69, 9.17) is 4.74 Å². The quantitative estimate of drug-likeness (QED) is 0.778. The van der Waals surface area contributed by atoms with Crippen molar-refractivity contribution in [1.29, 1.82) is 0 Å². The minimum Gasteiger partial charge on any atom is -0.495 e. The molecule has 0 aromatic heterocycles. The number of rotatable bonds is 4. The highest BCUT2D eigenvalue weighted by molar-refractivity contribution is 9.10. The van der Waals surface area contributed by atoms with Gasteiger partial charge in [-0.3, -0.25) is 0 Å². The molecule has 0 amide bonds. The molecule has 2 aliphatic rings. The second kappa shape index (κ2) is 7.27. The van der Waals surface area contributed by atoms with Crippen LogP contribution in [-0.2, 0) is 10.0 Å². The first-order valence-corrected chi connectivity index (χ1v) is 9.79. The summed E-state index contributed by atoms with van der Waals surface area (Å²) in [4.78, 5) is 0.193. The van der Waals surface area contributed by atoms with Crippen molar-refractivity contribution in [2.24, 2.45) is 0 Å². The molecule has 2 aliphatic heterocycles. The summed E-state index contributed by atoms with van der Waals surface area (Å²) in [5.74, 6) is 0.380. The molecule has 5 nitrogen and oxygen atoms in total. The highest BCUT2D eigenvalue weighted by Gasteiger charge is 2.36. The highest BCUT2D eigenvalue weighted by Crippen LogP contribution is 2.32. The van der Waals surface area contributed by atoms with E-state index in [9.17, 15) is 8.42 Å². The molecular formula is C15H22BrClN2O3S. The Hall–Kier alpha value is -0.340. The molecule has 0 aliphatic carbocycles. The molecule has 2 unspecified atom stereocenters. The molecule has 0 spiro atoms. The van der Waals surface area contributed by atoms with E-state index < -0.39 is 10.0 Å². The van der Waals surface area contributed by atoms with E-state index in [0.717, 1.165) is 35.7 Å². The molecule has 2 saturated heterocycles. The zero-order chi connectivity index (χ0) is 15.9. The van der Waals surface area contributed by atoms with Crippen LogP contribution in [0.1, 0.15) is 31.2 Å². The number of nitrogens with one attached hydrogen (secondary N) is 2. The summed E-state index contributed by atoms with van der Waals surface area (Å²) in [6, 6.07) is 4.24. The molecule has 0 radical (unpaired) electrons. The van der Waals surface area contributed by atoms with Gasteiger partial charge in [-0.05, 0) is 50.3 Å². The maximum absolute atomic E-state index is 12.7. The Bertz CT molecular complexity index is 672. The van der Waals surface area contributed by atoms with Crippen molar-refractivity contribution < 1.29 is 13.2 Å². The molecule has 2 fully saturated rings. The minimum absolute atomic E-state index is 0. The van der Waals surface area contributed by atoms with Crippen LogP contribution in [0.5, 0.6) is 5.75 Å². The molecule has 2 atom stereocenters. The molecule has 0 saturated carbocycles. The number of piperidine rings is 1. The lowest BCUT2D eigenvalue weighted by atomic mass is 10.0. The Kier molecular flexibility index (Phi) is 6.00. The number of halogens is 2. The fourth-order valence-corrected chi connectivity index (χ4v) is 5.38. The summed E-state index contributed by atoms with van der Waals surface area (Å²) in [5.41, 5.74) is 0.940. The number of ether oxygens (including phenoxy) is 1. The fourth-order valence-electron chi connectivity index (χ4n) is 3.44. The predicted octanol–water partition coefficient (Wildman–Crippen LogP) is 2.75. The van der Waals surface area contributed by atoms with Gasteiger partial charge < -0.3 is 10.1 Å². The lowest BCUT2D eigenvalue weighted by Gasteiger charge is -2.29. The molecule has 130 valence electrons. The van der Waals surface area contributed by atoms with Crippen molar-refractivity contribution >= 4 is 38.4 Å². The van der Waals surface area contributed by atoms with Crippen LogP contribution >= 0.6 is 28.3 Å². The van der Waals surface area contributed by atoms with Crippen LogP contribution in [0.4, 0.5) is 0 Å². The predicted molar refractivity (Wildman–Crippen MR) is 96.0 cm³/mol. The van der Waals surface area contributed by atoms with Gasteiger partial charge in [-0.25, -0.2) is 13.1 Å². The lowest BCUT2D eigenvalue weighted by Crippen LogP contribution is -2.47. The second-order valence-corrected chi connectivity index (χ2v) is 8.72. The molecule has 3 rings (SSSR count). The smallest absolute Gasteiger partial charge is 0.244 e. The van der Waals surface area contributed by atoms with Crippen LogP contribution < -0.4 is 14.8 Å². The van der Waals surface area contributed by atoms with Crippen LogP contribution in [0.15, 0.2) is 21.5 Å². The molecule has 2 heterocycles. The molecule has 1 aromatic carbocycles. The fraction of sp³-hybridized carbons (Fsp3) is 0.600. The summed E-state index contributed by atoms with van der Waals surface area (Å²) in [6.45, 7) is 1.90. The van der Waals surface area contributed by atoms with Gasteiger partial charge in [0.1, 0.15) is 10.6 Å². The van der Waals surface area contributed by atoms with Gasteiger partial charge in [-0.1, -0.05) is 15.9 Å². The van der Waals surface area contributed by atoms with Gasteiger partial charge in [-0.2, -0.15) is 0 Å². The summed E-state index contributed by atoms with van der Waals surface area (Å²) < 4.78 is 34.4. The van der Waals surface area contributed by atoms with Crippen LogP contribution in [0.25, 0.3) is 0 Å². The summed E-state index contributed by atoms with van der Waals surface area (Å²) in [7, 11) is -2.10. The largest absolute Gasteiger partial charge is 0.495 e. The molecule has 2 bridgehead atoms. The summed E-state index contributed by atoms with van der Waals surface area (Å²) >= 11 is 3.40. The van der Waals surface area contributed by atoms with E-state index in [1.54, 1.807) is 12.1 Å². The van der Waals surface area contributed by atoms with Gasteiger partial charge in [0.15, 0.2) is 0 Å². The van der Waals surface area contributed by atoms with Gasteiger partial charge >= 0.3 is 0 Å². The number of aryl methyl sites for hydroxylation is 1. The van der Waals surface area contributed by atoms with Crippen LogP contribution in [0.2, 0.25) is 0 Å². The van der Waals surface area contributed by atoms with Crippen molar-refractivity contribution in [2.75, 3.05) is 7.11 Å². The third-order valence-corrected chi connectivity index (χ3v) is 6.93. The van der Waals surface area contributed by atoms with E-state index in [-0.39, 0.29) is 23.3 Å². The zero-order valence-corrected chi connectivity index (χ0v) is 16.4. The minimum atomic E-state index is -3.59. The van der Waals surface area contributed by atoms with Crippen molar-refractivity contribution in [3.05, 3.63) is 22.2 Å². The number of fused-ring (bicyclic) bond motifs is 2. The average Bonchev–Trinajstić information content (AvgIpc) is 2.80. The Morgan fingerprint density at radius 2 is 1.87 bits per heavy atom. The lowest BCUT2D eigenvalue weighted by molar-refractivity contribution is 0.344. The first kappa shape index (κ1) is 19.0. The van der Waals surface area contributed by atoms with Gasteiger partial charge in [0.05, 0.1) is 7.11 Å². The molecular weight excluding hydrogens is 404 g/mol. The highest BCUT2D eigenvalue weighted by atomic mass is 79.9. The van der Waals surface area contributed by atoms with Gasteiger partial charge in [0.25, 0.3) is 0 Å². The topological polar surface area (TPSA) is 67.4 Å². The van der Waals surface area contributed by atoms with Crippen molar-refractivity contribution in [3.8, 4) is 5.75 Å². The average molecular weight is 426 g/mol. The van der Waals surface area contributed by atoms with Crippen LogP contribution in [0, 0.1) is 6.92 Å². The van der Waals surface area contributed by atoms with Gasteiger partial charge in [0, 0.05) is 22.6 Å². The zero-order valence-electron chi connectivity index (χ0n) is 13.1. The maximum Gasteiger partial charge on any atom is 0.244 e. The number of hydrogen-bond acceptors (Lipinski definition) is 4. The van der Waals surface area contributed by atoms with Crippen LogP contribution in [0.3, 0.4) is 0 Å². The number of sulfonamides is 1. The molecule has 1 aromatic rings. The van der Waals surface area contributed by atoms with E-state index in [1.807, 2.05) is 6.92 Å². The SMILES string of the molecule is COc1cc(C)c(Br)cc1S(=O)(=O)NC1CC2CCC(C1)N2.Cl. The third kappa shape index (κ3) is 4.02. The second-order valence-electron chi connectivity index (χ2n) is 6.18. The van der Waals surface area contributed by atoms with Crippen molar-refractivity contribution in [2.45, 2.75) is 55.6 Å². The van der Waals surface area contributed by atoms with Crippen molar-refractivity contribution in [3.63, 3.8) is 0 Å². The summed E-state index contributed by atoms with van der Waals surface area (Å²) in [6.07, 6.45) is 3.99.